The molecule has 1 aliphatic heterocycles. The lowest BCUT2D eigenvalue weighted by Gasteiger charge is -2.15. The minimum atomic E-state index is 0.529. The molecule has 1 unspecified atom stereocenters. The van der Waals surface area contributed by atoms with E-state index in [2.05, 4.69) is 58.4 Å². The van der Waals surface area contributed by atoms with Crippen molar-refractivity contribution in [1.29, 1.82) is 0 Å². The zero-order chi connectivity index (χ0) is 14.1. The third-order valence-corrected chi connectivity index (χ3v) is 4.32. The van der Waals surface area contributed by atoms with Gasteiger partial charge in [-0.25, -0.2) is 4.98 Å². The van der Waals surface area contributed by atoms with Crippen molar-refractivity contribution in [1.82, 2.24) is 14.9 Å². The molecule has 0 aliphatic carbocycles. The predicted octanol–water partition coefficient (Wildman–Crippen LogP) is 3.55. The SMILES string of the molecule is c1ccc(CN2CCC(c3nc4ccccc4[nH]3)C2)cc1. The third-order valence-electron chi connectivity index (χ3n) is 4.32. The highest BCUT2D eigenvalue weighted by atomic mass is 15.2. The molecule has 0 saturated carbocycles. The van der Waals surface area contributed by atoms with E-state index in [9.17, 15) is 0 Å². The van der Waals surface area contributed by atoms with Gasteiger partial charge >= 0.3 is 0 Å². The number of aromatic nitrogens is 2. The van der Waals surface area contributed by atoms with Gasteiger partial charge in [-0.3, -0.25) is 4.90 Å². The van der Waals surface area contributed by atoms with Gasteiger partial charge in [0.1, 0.15) is 5.82 Å². The molecular formula is C18H19N3. The maximum Gasteiger partial charge on any atom is 0.111 e. The van der Waals surface area contributed by atoms with Gasteiger partial charge in [0, 0.05) is 19.0 Å². The Morgan fingerprint density at radius 3 is 2.71 bits per heavy atom. The zero-order valence-corrected chi connectivity index (χ0v) is 12.0. The predicted molar refractivity (Wildman–Crippen MR) is 85.2 cm³/mol. The molecule has 1 N–H and O–H groups in total. The molecule has 0 bridgehead atoms. The van der Waals surface area contributed by atoms with Crippen molar-refractivity contribution < 1.29 is 0 Å². The number of H-pyrrole nitrogens is 1. The van der Waals surface area contributed by atoms with Crippen LogP contribution in [0.15, 0.2) is 54.6 Å². The minimum absolute atomic E-state index is 0.529. The smallest absolute Gasteiger partial charge is 0.111 e. The normalized spacial score (nSPS) is 19.3. The first-order valence-electron chi connectivity index (χ1n) is 7.59. The van der Waals surface area contributed by atoms with E-state index in [1.807, 2.05) is 6.07 Å². The number of likely N-dealkylation sites (tertiary alicyclic amines) is 1. The summed E-state index contributed by atoms with van der Waals surface area (Å²) in [4.78, 5) is 10.8. The molecule has 2 aromatic carbocycles. The fourth-order valence-corrected chi connectivity index (χ4v) is 3.21. The maximum absolute atomic E-state index is 4.75. The topological polar surface area (TPSA) is 31.9 Å². The number of nitrogens with one attached hydrogen (secondary N) is 1. The molecule has 1 aromatic heterocycles. The van der Waals surface area contributed by atoms with Crippen LogP contribution in [0, 0.1) is 0 Å². The van der Waals surface area contributed by atoms with Crippen LogP contribution in [-0.4, -0.2) is 28.0 Å². The summed E-state index contributed by atoms with van der Waals surface area (Å²) in [5.74, 6) is 1.67. The summed E-state index contributed by atoms with van der Waals surface area (Å²) in [6.07, 6.45) is 1.19. The van der Waals surface area contributed by atoms with Gasteiger partial charge in [-0.1, -0.05) is 42.5 Å². The molecule has 0 radical (unpaired) electrons. The Morgan fingerprint density at radius 1 is 1.05 bits per heavy atom. The van der Waals surface area contributed by atoms with Crippen molar-refractivity contribution in [3.05, 3.63) is 66.0 Å². The van der Waals surface area contributed by atoms with Gasteiger partial charge in [-0.15, -0.1) is 0 Å². The van der Waals surface area contributed by atoms with Crippen LogP contribution in [0.5, 0.6) is 0 Å². The van der Waals surface area contributed by atoms with E-state index in [0.717, 1.165) is 36.5 Å². The van der Waals surface area contributed by atoms with Crippen molar-refractivity contribution in [3.8, 4) is 0 Å². The van der Waals surface area contributed by atoms with E-state index in [1.165, 1.54) is 12.0 Å². The molecule has 0 spiro atoms. The summed E-state index contributed by atoms with van der Waals surface area (Å²) in [7, 11) is 0. The van der Waals surface area contributed by atoms with E-state index in [0.29, 0.717) is 5.92 Å². The number of imidazole rings is 1. The molecule has 21 heavy (non-hydrogen) atoms. The fraction of sp³-hybridized carbons (Fsp3) is 0.278. The summed E-state index contributed by atoms with van der Waals surface area (Å²) in [6, 6.07) is 19.0. The van der Waals surface area contributed by atoms with Gasteiger partial charge in [0.2, 0.25) is 0 Å². The van der Waals surface area contributed by atoms with Gasteiger partial charge in [0.25, 0.3) is 0 Å². The zero-order valence-electron chi connectivity index (χ0n) is 12.0. The van der Waals surface area contributed by atoms with Crippen molar-refractivity contribution in [2.24, 2.45) is 0 Å². The number of rotatable bonds is 3. The van der Waals surface area contributed by atoms with Crippen molar-refractivity contribution in [3.63, 3.8) is 0 Å². The van der Waals surface area contributed by atoms with Crippen LogP contribution >= 0.6 is 0 Å². The Hall–Kier alpha value is -2.13. The summed E-state index contributed by atoms with van der Waals surface area (Å²) in [5, 5.41) is 0. The number of fused-ring (bicyclic) bond motifs is 1. The Kier molecular flexibility index (Phi) is 3.20. The summed E-state index contributed by atoms with van der Waals surface area (Å²) < 4.78 is 0. The van der Waals surface area contributed by atoms with Crippen molar-refractivity contribution in [2.75, 3.05) is 13.1 Å². The average molecular weight is 277 g/mol. The van der Waals surface area contributed by atoms with Gasteiger partial charge in [0.15, 0.2) is 0 Å². The number of para-hydroxylation sites is 2. The van der Waals surface area contributed by atoms with E-state index < -0.39 is 0 Å². The summed E-state index contributed by atoms with van der Waals surface area (Å²) in [6.45, 7) is 3.28. The highest BCUT2D eigenvalue weighted by molar-refractivity contribution is 5.74. The minimum Gasteiger partial charge on any atom is -0.342 e. The molecule has 1 atom stereocenters. The molecule has 3 heteroatoms. The Balaban J connectivity index is 1.48. The lowest BCUT2D eigenvalue weighted by atomic mass is 10.1. The number of hydrogen-bond donors (Lipinski definition) is 1. The van der Waals surface area contributed by atoms with Crippen LogP contribution < -0.4 is 0 Å². The Morgan fingerprint density at radius 2 is 1.86 bits per heavy atom. The van der Waals surface area contributed by atoms with Gasteiger partial charge in [-0.2, -0.15) is 0 Å². The van der Waals surface area contributed by atoms with Gasteiger partial charge in [0.05, 0.1) is 11.0 Å². The average Bonchev–Trinajstić information content (AvgIpc) is 3.14. The third kappa shape index (κ3) is 2.57. The number of benzene rings is 2. The first-order valence-corrected chi connectivity index (χ1v) is 7.59. The molecule has 2 heterocycles. The largest absolute Gasteiger partial charge is 0.342 e. The fourth-order valence-electron chi connectivity index (χ4n) is 3.21. The highest BCUT2D eigenvalue weighted by Crippen LogP contribution is 2.27. The second kappa shape index (κ2) is 5.34. The lowest BCUT2D eigenvalue weighted by molar-refractivity contribution is 0.326. The molecule has 0 amide bonds. The van der Waals surface area contributed by atoms with Crippen LogP contribution in [-0.2, 0) is 6.54 Å². The van der Waals surface area contributed by atoms with E-state index in [1.54, 1.807) is 0 Å². The van der Waals surface area contributed by atoms with Crippen molar-refractivity contribution >= 4 is 11.0 Å². The molecule has 1 fully saturated rings. The number of aromatic amines is 1. The van der Waals surface area contributed by atoms with Crippen LogP contribution in [0.25, 0.3) is 11.0 Å². The quantitative estimate of drug-likeness (QED) is 0.794. The molecule has 3 aromatic rings. The van der Waals surface area contributed by atoms with Gasteiger partial charge < -0.3 is 4.98 Å². The molecule has 106 valence electrons. The Bertz CT molecular complexity index is 699. The summed E-state index contributed by atoms with van der Waals surface area (Å²) >= 11 is 0. The number of nitrogens with zero attached hydrogens (tertiary/aromatic N) is 2. The van der Waals surface area contributed by atoms with Crippen LogP contribution in [0.1, 0.15) is 23.7 Å². The second-order valence-corrected chi connectivity index (χ2v) is 5.85. The molecule has 3 nitrogen and oxygen atoms in total. The molecule has 1 aliphatic rings. The van der Waals surface area contributed by atoms with Crippen LogP contribution in [0.2, 0.25) is 0 Å². The van der Waals surface area contributed by atoms with Crippen LogP contribution in [0.4, 0.5) is 0 Å². The van der Waals surface area contributed by atoms with Crippen LogP contribution in [0.3, 0.4) is 0 Å². The molecule has 1 saturated heterocycles. The lowest BCUT2D eigenvalue weighted by Crippen LogP contribution is -2.19. The van der Waals surface area contributed by atoms with E-state index in [4.69, 9.17) is 4.98 Å². The maximum atomic E-state index is 4.75. The van der Waals surface area contributed by atoms with Gasteiger partial charge in [-0.05, 0) is 30.7 Å². The molecule has 4 rings (SSSR count). The highest BCUT2D eigenvalue weighted by Gasteiger charge is 2.26. The second-order valence-electron chi connectivity index (χ2n) is 5.85. The van der Waals surface area contributed by atoms with E-state index in [-0.39, 0.29) is 0 Å². The monoisotopic (exact) mass is 277 g/mol. The van der Waals surface area contributed by atoms with Crippen molar-refractivity contribution in [2.45, 2.75) is 18.9 Å². The number of hydrogen-bond acceptors (Lipinski definition) is 2. The first kappa shape index (κ1) is 12.6. The van der Waals surface area contributed by atoms with E-state index >= 15 is 0 Å². The standard InChI is InChI=1S/C18H19N3/c1-2-6-14(7-3-1)12-21-11-10-15(13-21)18-19-16-8-4-5-9-17(16)20-18/h1-9,15H,10-13H2,(H,19,20). The first-order chi connectivity index (χ1) is 10.4. The Labute approximate surface area is 124 Å². The molecular weight excluding hydrogens is 258 g/mol. The summed E-state index contributed by atoms with van der Waals surface area (Å²) in [5.41, 5.74) is 3.62.